The summed E-state index contributed by atoms with van der Waals surface area (Å²) < 4.78 is 5.53. The number of aromatic nitrogens is 1. The molecule has 1 amide bonds. The van der Waals surface area contributed by atoms with Gasteiger partial charge in [0, 0.05) is 38.4 Å². The fourth-order valence-electron chi connectivity index (χ4n) is 4.15. The Labute approximate surface area is 211 Å². The highest BCUT2D eigenvalue weighted by Gasteiger charge is 2.22. The number of pyridine rings is 1. The minimum Gasteiger partial charge on any atom is -0.480 e. The number of hydrogen-bond donors (Lipinski definition) is 3. The molecule has 3 N–H and O–H groups in total. The largest absolute Gasteiger partial charge is 0.480 e. The molecule has 1 aliphatic rings. The maximum atomic E-state index is 12.3. The number of carboxylic acids is 1. The van der Waals surface area contributed by atoms with Crippen molar-refractivity contribution in [3.63, 3.8) is 0 Å². The number of carboxylic acid groups (broad SMARTS) is 1. The molecule has 1 aromatic heterocycles. The lowest BCUT2D eigenvalue weighted by Crippen LogP contribution is -2.43. The smallest absolute Gasteiger partial charge is 0.326 e. The van der Waals surface area contributed by atoms with Gasteiger partial charge in [-0.2, -0.15) is 0 Å². The molecule has 0 aromatic carbocycles. The third kappa shape index (κ3) is 11.9. The van der Waals surface area contributed by atoms with Gasteiger partial charge in [-0.05, 0) is 75.5 Å². The van der Waals surface area contributed by atoms with E-state index in [1.807, 2.05) is 6.92 Å². The predicted molar refractivity (Wildman–Crippen MR) is 140 cm³/mol. The summed E-state index contributed by atoms with van der Waals surface area (Å²) in [6.07, 6.45) is 6.63. The van der Waals surface area contributed by atoms with Gasteiger partial charge in [-0.25, -0.2) is 9.78 Å². The number of unbranched alkanes of at least 4 members (excludes halogenated alkanes) is 1. The molecule has 35 heavy (non-hydrogen) atoms. The second kappa shape index (κ2) is 15.0. The summed E-state index contributed by atoms with van der Waals surface area (Å²) in [5.41, 5.74) is 2.46. The number of nitrogens with zero attached hydrogens (tertiary/aromatic N) is 2. The normalized spacial score (nSPS) is 14.3. The summed E-state index contributed by atoms with van der Waals surface area (Å²) in [4.78, 5) is 31.1. The van der Waals surface area contributed by atoms with Gasteiger partial charge in [0.2, 0.25) is 5.91 Å². The van der Waals surface area contributed by atoms with E-state index in [4.69, 9.17) is 9.72 Å². The molecule has 198 valence electrons. The van der Waals surface area contributed by atoms with Crippen molar-refractivity contribution < 1.29 is 19.4 Å². The van der Waals surface area contributed by atoms with Crippen molar-refractivity contribution in [2.75, 3.05) is 44.7 Å². The highest BCUT2D eigenvalue weighted by Crippen LogP contribution is 2.21. The SMILES string of the molecule is CCOCCN(CCCCc1ccc2c(n1)NCCC2)CCC(NC(=O)CCC(C)(C)C)C(=O)O. The number of ether oxygens (including phenoxy) is 1. The van der Waals surface area contributed by atoms with Gasteiger partial charge in [-0.3, -0.25) is 4.79 Å². The Morgan fingerprint density at radius 2 is 2.03 bits per heavy atom. The van der Waals surface area contributed by atoms with Crippen LogP contribution in [0.1, 0.15) is 77.5 Å². The third-order valence-electron chi connectivity index (χ3n) is 6.33. The molecule has 0 fully saturated rings. The minimum absolute atomic E-state index is 0.0390. The van der Waals surface area contributed by atoms with Crippen molar-refractivity contribution in [3.8, 4) is 0 Å². The van der Waals surface area contributed by atoms with Crippen LogP contribution >= 0.6 is 0 Å². The number of amides is 1. The van der Waals surface area contributed by atoms with E-state index in [1.165, 1.54) is 5.56 Å². The highest BCUT2D eigenvalue weighted by atomic mass is 16.5. The first-order valence-corrected chi connectivity index (χ1v) is 13.2. The number of rotatable bonds is 16. The van der Waals surface area contributed by atoms with Crippen LogP contribution in [-0.4, -0.2) is 72.3 Å². The summed E-state index contributed by atoms with van der Waals surface area (Å²) >= 11 is 0. The lowest BCUT2D eigenvalue weighted by Gasteiger charge is -2.25. The first-order valence-electron chi connectivity index (χ1n) is 13.2. The van der Waals surface area contributed by atoms with Gasteiger partial charge in [0.05, 0.1) is 6.61 Å². The van der Waals surface area contributed by atoms with Gasteiger partial charge in [0.15, 0.2) is 0 Å². The van der Waals surface area contributed by atoms with E-state index < -0.39 is 12.0 Å². The molecule has 0 saturated heterocycles. The van der Waals surface area contributed by atoms with Crippen molar-refractivity contribution >= 4 is 17.7 Å². The van der Waals surface area contributed by atoms with Gasteiger partial charge < -0.3 is 25.4 Å². The topological polar surface area (TPSA) is 104 Å². The van der Waals surface area contributed by atoms with E-state index in [0.717, 1.165) is 69.7 Å². The van der Waals surface area contributed by atoms with Gasteiger partial charge in [-0.1, -0.05) is 26.8 Å². The van der Waals surface area contributed by atoms with Crippen LogP contribution in [0.4, 0.5) is 5.82 Å². The summed E-state index contributed by atoms with van der Waals surface area (Å²) in [5.74, 6) is -0.137. The number of anilines is 1. The maximum absolute atomic E-state index is 12.3. The van der Waals surface area contributed by atoms with Crippen molar-refractivity contribution in [3.05, 3.63) is 23.4 Å². The second-order valence-corrected chi connectivity index (χ2v) is 10.6. The number of nitrogens with one attached hydrogen (secondary N) is 2. The maximum Gasteiger partial charge on any atom is 0.326 e. The first kappa shape index (κ1) is 29.0. The molecule has 2 heterocycles. The summed E-state index contributed by atoms with van der Waals surface area (Å²) in [5, 5.41) is 15.7. The van der Waals surface area contributed by atoms with Crippen LogP contribution in [0.15, 0.2) is 12.1 Å². The Hall–Kier alpha value is -2.19. The molecule has 2 rings (SSSR count). The van der Waals surface area contributed by atoms with Crippen LogP contribution in [0.2, 0.25) is 0 Å². The van der Waals surface area contributed by atoms with Crippen molar-refractivity contribution in [1.82, 2.24) is 15.2 Å². The predicted octanol–water partition coefficient (Wildman–Crippen LogP) is 3.89. The molecule has 8 nitrogen and oxygen atoms in total. The summed E-state index contributed by atoms with van der Waals surface area (Å²) in [6.45, 7) is 12.7. The third-order valence-corrected chi connectivity index (χ3v) is 6.33. The molecule has 8 heteroatoms. The summed E-state index contributed by atoms with van der Waals surface area (Å²) in [7, 11) is 0. The highest BCUT2D eigenvalue weighted by molar-refractivity contribution is 5.83. The molecular weight excluding hydrogens is 444 g/mol. The van der Waals surface area contributed by atoms with Gasteiger partial charge >= 0.3 is 5.97 Å². The van der Waals surface area contributed by atoms with E-state index in [0.29, 0.717) is 32.6 Å². The van der Waals surface area contributed by atoms with Crippen LogP contribution in [0.25, 0.3) is 0 Å². The van der Waals surface area contributed by atoms with E-state index in [1.54, 1.807) is 0 Å². The molecular formula is C27H46N4O4. The van der Waals surface area contributed by atoms with Crippen molar-refractivity contribution in [2.45, 2.75) is 85.1 Å². The first-order chi connectivity index (χ1) is 16.7. The average Bonchev–Trinajstić information content (AvgIpc) is 2.81. The standard InChI is InChI=1S/C27H46N4O4/c1-5-35-20-19-31(18-14-23(26(33)34)30-24(32)13-15-27(2,3)4)17-7-6-10-22-12-11-21-9-8-16-28-25(21)29-22/h11-12,23H,5-10,13-20H2,1-4H3,(H,28,29)(H,30,32)(H,33,34). The minimum atomic E-state index is -0.981. The van der Waals surface area contributed by atoms with Crippen molar-refractivity contribution in [1.29, 1.82) is 0 Å². The van der Waals surface area contributed by atoms with Crippen LogP contribution in [-0.2, 0) is 27.2 Å². The van der Waals surface area contributed by atoms with Crippen LogP contribution in [0.3, 0.4) is 0 Å². The molecule has 0 bridgehead atoms. The van der Waals surface area contributed by atoms with Crippen LogP contribution in [0.5, 0.6) is 0 Å². The molecule has 0 aliphatic carbocycles. The quantitative estimate of drug-likeness (QED) is 0.302. The Morgan fingerprint density at radius 3 is 2.74 bits per heavy atom. The molecule has 0 saturated carbocycles. The Bertz CT molecular complexity index is 794. The number of hydrogen-bond acceptors (Lipinski definition) is 6. The van der Waals surface area contributed by atoms with Gasteiger partial charge in [0.1, 0.15) is 11.9 Å². The van der Waals surface area contributed by atoms with E-state index in [9.17, 15) is 14.7 Å². The fourth-order valence-corrected chi connectivity index (χ4v) is 4.15. The average molecular weight is 491 g/mol. The fraction of sp³-hybridized carbons (Fsp3) is 0.741. The molecule has 0 radical (unpaired) electrons. The van der Waals surface area contributed by atoms with Crippen molar-refractivity contribution in [2.24, 2.45) is 5.41 Å². The Morgan fingerprint density at radius 1 is 1.23 bits per heavy atom. The van der Waals surface area contributed by atoms with E-state index in [2.05, 4.69) is 48.4 Å². The lowest BCUT2D eigenvalue weighted by molar-refractivity contribution is -0.142. The number of aliphatic carboxylic acids is 1. The van der Waals surface area contributed by atoms with Crippen LogP contribution < -0.4 is 10.6 Å². The molecule has 1 aliphatic heterocycles. The molecule has 1 atom stereocenters. The number of carbonyl (C=O) groups is 2. The zero-order valence-corrected chi connectivity index (χ0v) is 22.2. The summed E-state index contributed by atoms with van der Waals surface area (Å²) in [6, 6.07) is 3.46. The zero-order chi connectivity index (χ0) is 25.7. The zero-order valence-electron chi connectivity index (χ0n) is 22.2. The number of aryl methyl sites for hydroxylation is 2. The van der Waals surface area contributed by atoms with Crippen LogP contribution in [0, 0.1) is 5.41 Å². The lowest BCUT2D eigenvalue weighted by atomic mass is 9.90. The monoisotopic (exact) mass is 490 g/mol. The second-order valence-electron chi connectivity index (χ2n) is 10.6. The Kier molecular flexibility index (Phi) is 12.5. The molecule has 0 spiro atoms. The van der Waals surface area contributed by atoms with Gasteiger partial charge in [0.25, 0.3) is 0 Å². The number of fused-ring (bicyclic) bond motifs is 1. The molecule has 1 aromatic rings. The van der Waals surface area contributed by atoms with E-state index >= 15 is 0 Å². The number of carbonyl (C=O) groups excluding carboxylic acids is 1. The van der Waals surface area contributed by atoms with E-state index in [-0.39, 0.29) is 11.3 Å². The Balaban J connectivity index is 1.80. The van der Waals surface area contributed by atoms with Gasteiger partial charge in [-0.15, -0.1) is 0 Å². The molecule has 1 unspecified atom stereocenters.